The Morgan fingerprint density at radius 3 is 2.48 bits per heavy atom. The van der Waals surface area contributed by atoms with E-state index in [1.165, 1.54) is 10.6 Å². The molecule has 2 amide bonds. The van der Waals surface area contributed by atoms with Gasteiger partial charge in [-0.3, -0.25) is 29.2 Å². The van der Waals surface area contributed by atoms with E-state index in [4.69, 9.17) is 9.72 Å². The minimum absolute atomic E-state index is 0.0547. The molecule has 0 radical (unpaired) electrons. The molecule has 2 fully saturated rings. The number of carboxylic acid groups (broad SMARTS) is 1. The molecule has 1 saturated carbocycles. The molecular formula is C38H35N5O9. The Balaban J connectivity index is 1.21. The van der Waals surface area contributed by atoms with Crippen LogP contribution in [0.4, 0.5) is 5.69 Å². The maximum atomic E-state index is 14.4. The summed E-state index contributed by atoms with van der Waals surface area (Å²) in [6, 6.07) is 12.4. The highest BCUT2D eigenvalue weighted by Crippen LogP contribution is 2.55. The summed E-state index contributed by atoms with van der Waals surface area (Å²) in [5.74, 6) is -3.83. The third kappa shape index (κ3) is 4.19. The lowest BCUT2D eigenvalue weighted by molar-refractivity contribution is -0.126. The third-order valence-electron chi connectivity index (χ3n) is 11.7. The quantitative estimate of drug-likeness (QED) is 0.182. The lowest BCUT2D eigenvalue weighted by Crippen LogP contribution is -2.53. The number of nitrogens with zero attached hydrogens (tertiary/aromatic N) is 3. The van der Waals surface area contributed by atoms with Crippen LogP contribution in [0.3, 0.4) is 0 Å². The molecule has 9 rings (SSSR count). The SMILES string of the molecule is Cc1c(O)c(C(=O)O)c(O)c2c1[C@H](C)[C@@H](C)O[C@H]2/C=C1\NC(=O)[C@@H](C[C@@]2(O)c3ccccc3N3C(=O)C4(CC4)N[C@@H]32)n2c1nc1ccccc1c2=O. The van der Waals surface area contributed by atoms with E-state index >= 15 is 0 Å². The Kier molecular flexibility index (Phi) is 6.67. The van der Waals surface area contributed by atoms with Gasteiger partial charge in [0.2, 0.25) is 11.8 Å². The van der Waals surface area contributed by atoms with Crippen molar-refractivity contribution in [1.29, 1.82) is 0 Å². The number of aromatic hydroxyl groups is 2. The summed E-state index contributed by atoms with van der Waals surface area (Å²) >= 11 is 0. The van der Waals surface area contributed by atoms with Gasteiger partial charge in [-0.2, -0.15) is 0 Å². The van der Waals surface area contributed by atoms with Crippen molar-refractivity contribution in [2.75, 3.05) is 4.90 Å². The van der Waals surface area contributed by atoms with Gasteiger partial charge in [0.05, 0.1) is 28.4 Å². The lowest BCUT2D eigenvalue weighted by Gasteiger charge is -2.38. The summed E-state index contributed by atoms with van der Waals surface area (Å²) in [5, 5.41) is 51.1. The number of carbonyl (C=O) groups excluding carboxylic acids is 2. The van der Waals surface area contributed by atoms with Crippen molar-refractivity contribution in [3.05, 3.63) is 98.6 Å². The molecule has 5 heterocycles. The van der Waals surface area contributed by atoms with Gasteiger partial charge in [-0.05, 0) is 62.1 Å². The Morgan fingerprint density at radius 2 is 1.75 bits per heavy atom. The van der Waals surface area contributed by atoms with Gasteiger partial charge in [-0.25, -0.2) is 9.78 Å². The van der Waals surface area contributed by atoms with Crippen LogP contribution in [0.2, 0.25) is 0 Å². The van der Waals surface area contributed by atoms with E-state index in [1.807, 2.05) is 6.92 Å². The number of aliphatic hydroxyl groups is 1. The van der Waals surface area contributed by atoms with E-state index < -0.39 is 70.1 Å². The van der Waals surface area contributed by atoms with Gasteiger partial charge < -0.3 is 30.5 Å². The van der Waals surface area contributed by atoms with E-state index in [1.54, 1.807) is 67.3 Å². The molecule has 14 heteroatoms. The number of carbonyl (C=O) groups is 3. The molecule has 1 aromatic heterocycles. The molecule has 1 saturated heterocycles. The number of benzene rings is 3. The standard InChI is InChI=1S/C38H35N5O9/c1-16-18(3)52-25(27-26(16)17(2)29(44)28(30(27)45)34(48)49)14-22-31-39-21-10-6-4-8-19(21)33(47)42(31)24(32(46)40-22)15-38(51)20-9-5-7-11-23(20)43-35(38)41-37(12-13-37)36(43)50/h4-11,14,16,18,24-25,35,41,44-45,51H,12-13,15H2,1-3H3,(H,40,46)(H,48,49)/b22-14-/t16-,18-,24-,25+,35+,38-/m1/s1. The van der Waals surface area contributed by atoms with Crippen LogP contribution in [-0.4, -0.2) is 65.6 Å². The molecule has 0 unspecified atom stereocenters. The number of phenols is 2. The highest BCUT2D eigenvalue weighted by molar-refractivity contribution is 6.07. The van der Waals surface area contributed by atoms with Crippen molar-refractivity contribution in [2.45, 2.75) is 81.5 Å². The van der Waals surface area contributed by atoms with Gasteiger partial charge in [-0.1, -0.05) is 37.3 Å². The molecule has 52 heavy (non-hydrogen) atoms. The minimum Gasteiger partial charge on any atom is -0.507 e. The average Bonchev–Trinajstić information content (AvgIpc) is 3.79. The molecule has 3 aromatic carbocycles. The van der Waals surface area contributed by atoms with E-state index in [0.717, 1.165) is 0 Å². The Bertz CT molecular complexity index is 2400. The zero-order valence-corrected chi connectivity index (χ0v) is 28.4. The third-order valence-corrected chi connectivity index (χ3v) is 11.7. The summed E-state index contributed by atoms with van der Waals surface area (Å²) in [6.45, 7) is 5.20. The summed E-state index contributed by atoms with van der Waals surface area (Å²) in [4.78, 5) is 60.9. The number of anilines is 1. The number of ether oxygens (including phenoxy) is 1. The zero-order valence-electron chi connectivity index (χ0n) is 28.4. The molecule has 14 nitrogen and oxygen atoms in total. The second-order valence-electron chi connectivity index (χ2n) is 14.5. The molecule has 266 valence electrons. The van der Waals surface area contributed by atoms with Gasteiger partial charge >= 0.3 is 5.97 Å². The van der Waals surface area contributed by atoms with Gasteiger partial charge in [0.25, 0.3) is 5.56 Å². The molecular weight excluding hydrogens is 670 g/mol. The monoisotopic (exact) mass is 705 g/mol. The normalized spacial score (nSPS) is 28.8. The van der Waals surface area contributed by atoms with Crippen molar-refractivity contribution >= 4 is 40.1 Å². The first-order valence-corrected chi connectivity index (χ1v) is 17.2. The van der Waals surface area contributed by atoms with Crippen LogP contribution < -0.4 is 21.1 Å². The van der Waals surface area contributed by atoms with Gasteiger partial charge in [0.1, 0.15) is 46.5 Å². The van der Waals surface area contributed by atoms with Crippen LogP contribution in [-0.2, 0) is 19.9 Å². The molecule has 6 N–H and O–H groups in total. The molecule has 6 atom stereocenters. The van der Waals surface area contributed by atoms with Crippen molar-refractivity contribution in [1.82, 2.24) is 20.2 Å². The number of aromatic nitrogens is 2. The highest BCUT2D eigenvalue weighted by atomic mass is 16.5. The second kappa shape index (κ2) is 10.7. The van der Waals surface area contributed by atoms with Crippen LogP contribution in [0.15, 0.2) is 59.4 Å². The largest absolute Gasteiger partial charge is 0.507 e. The molecule has 0 bridgehead atoms. The zero-order chi connectivity index (χ0) is 36.6. The number of rotatable bonds is 4. The fourth-order valence-electron chi connectivity index (χ4n) is 8.72. The van der Waals surface area contributed by atoms with Crippen LogP contribution in [0.1, 0.15) is 89.6 Å². The van der Waals surface area contributed by atoms with Gasteiger partial charge in [0.15, 0.2) is 5.82 Å². The summed E-state index contributed by atoms with van der Waals surface area (Å²) < 4.78 is 7.57. The summed E-state index contributed by atoms with van der Waals surface area (Å²) in [6.07, 6.45) is -0.0491. The molecule has 4 aliphatic heterocycles. The predicted molar refractivity (Wildman–Crippen MR) is 186 cm³/mol. The molecule has 1 aliphatic carbocycles. The topological polar surface area (TPSA) is 204 Å². The maximum Gasteiger partial charge on any atom is 0.343 e. The highest BCUT2D eigenvalue weighted by Gasteiger charge is 2.67. The molecule has 5 aliphatic rings. The van der Waals surface area contributed by atoms with Crippen molar-refractivity contribution in [3.8, 4) is 11.5 Å². The molecule has 1 spiro atoms. The Hall–Kier alpha value is -5.57. The van der Waals surface area contributed by atoms with Crippen LogP contribution in [0, 0.1) is 6.92 Å². The van der Waals surface area contributed by atoms with Crippen molar-refractivity contribution < 1.29 is 39.5 Å². The smallest absolute Gasteiger partial charge is 0.343 e. The van der Waals surface area contributed by atoms with Crippen molar-refractivity contribution in [3.63, 3.8) is 0 Å². The predicted octanol–water partition coefficient (Wildman–Crippen LogP) is 3.18. The van der Waals surface area contributed by atoms with Gasteiger partial charge in [-0.15, -0.1) is 0 Å². The second-order valence-corrected chi connectivity index (χ2v) is 14.5. The number of amides is 2. The number of para-hydroxylation sites is 2. The van der Waals surface area contributed by atoms with E-state index in [9.17, 15) is 39.6 Å². The van der Waals surface area contributed by atoms with E-state index in [2.05, 4.69) is 10.6 Å². The first-order valence-electron chi connectivity index (χ1n) is 17.2. The van der Waals surface area contributed by atoms with Crippen LogP contribution in [0.25, 0.3) is 16.6 Å². The fourth-order valence-corrected chi connectivity index (χ4v) is 8.72. The van der Waals surface area contributed by atoms with Crippen LogP contribution in [0.5, 0.6) is 11.5 Å². The maximum absolute atomic E-state index is 14.4. The first kappa shape index (κ1) is 32.3. The van der Waals surface area contributed by atoms with E-state index in [0.29, 0.717) is 35.2 Å². The summed E-state index contributed by atoms with van der Waals surface area (Å²) in [7, 11) is 0. The summed E-state index contributed by atoms with van der Waals surface area (Å²) in [5.41, 5.74) is -1.47. The number of hydrogen-bond acceptors (Lipinski definition) is 10. The van der Waals surface area contributed by atoms with Gasteiger partial charge in [0, 0.05) is 23.5 Å². The number of carboxylic acids is 1. The number of aromatic carboxylic acids is 1. The fraction of sp³-hybridized carbons (Fsp3) is 0.342. The number of hydrogen-bond donors (Lipinski definition) is 6. The van der Waals surface area contributed by atoms with Crippen molar-refractivity contribution in [2.24, 2.45) is 0 Å². The van der Waals surface area contributed by atoms with E-state index in [-0.39, 0.29) is 46.3 Å². The lowest BCUT2D eigenvalue weighted by atomic mass is 9.81. The minimum atomic E-state index is -1.78. The number of nitrogens with one attached hydrogen (secondary N) is 2. The van der Waals surface area contributed by atoms with Crippen LogP contribution >= 0.6 is 0 Å². The Morgan fingerprint density at radius 1 is 1.04 bits per heavy atom. The molecule has 4 aromatic rings. The average molecular weight is 706 g/mol. The number of fused-ring (bicyclic) bond motifs is 6. The first-order chi connectivity index (χ1) is 24.8. The Labute approximate surface area is 296 Å².